The first kappa shape index (κ1) is 15.4. The summed E-state index contributed by atoms with van der Waals surface area (Å²) in [6.07, 6.45) is 3.75. The average Bonchev–Trinajstić information content (AvgIpc) is 3.05. The molecule has 112 valence electrons. The topological polar surface area (TPSA) is 38.0 Å². The third-order valence-corrected chi connectivity index (χ3v) is 4.25. The van der Waals surface area contributed by atoms with Crippen molar-refractivity contribution in [3.8, 4) is 0 Å². The van der Waals surface area contributed by atoms with Crippen molar-refractivity contribution in [2.24, 2.45) is 5.41 Å². The van der Waals surface area contributed by atoms with E-state index in [0.29, 0.717) is 10.8 Å². The highest BCUT2D eigenvalue weighted by Gasteiger charge is 2.44. The van der Waals surface area contributed by atoms with Crippen LogP contribution in [-0.2, 0) is 5.41 Å². The van der Waals surface area contributed by atoms with Crippen molar-refractivity contribution >= 4 is 5.69 Å². The van der Waals surface area contributed by atoms with Crippen LogP contribution in [0, 0.1) is 5.41 Å². The Labute approximate surface area is 124 Å². The number of rotatable bonds is 5. The van der Waals surface area contributed by atoms with Gasteiger partial charge >= 0.3 is 0 Å². The quantitative estimate of drug-likeness (QED) is 0.793. The van der Waals surface area contributed by atoms with Crippen LogP contribution < -0.4 is 11.1 Å². The Morgan fingerprint density at radius 2 is 1.60 bits per heavy atom. The van der Waals surface area contributed by atoms with E-state index in [0.717, 1.165) is 12.2 Å². The third-order valence-electron chi connectivity index (χ3n) is 4.25. The van der Waals surface area contributed by atoms with Gasteiger partial charge in [-0.25, -0.2) is 0 Å². The maximum atomic E-state index is 5.79. The summed E-state index contributed by atoms with van der Waals surface area (Å²) >= 11 is 0. The summed E-state index contributed by atoms with van der Waals surface area (Å²) in [4.78, 5) is 0. The van der Waals surface area contributed by atoms with E-state index < -0.39 is 0 Å². The summed E-state index contributed by atoms with van der Waals surface area (Å²) in [7, 11) is 0. The Balaban J connectivity index is 1.98. The molecule has 1 aliphatic rings. The monoisotopic (exact) mass is 274 g/mol. The molecule has 0 unspecified atom stereocenters. The van der Waals surface area contributed by atoms with Crippen molar-refractivity contribution in [2.45, 2.75) is 64.8 Å². The van der Waals surface area contributed by atoms with Crippen LogP contribution >= 0.6 is 0 Å². The van der Waals surface area contributed by atoms with Crippen LogP contribution in [0.25, 0.3) is 0 Å². The predicted octanol–water partition coefficient (Wildman–Crippen LogP) is 4.10. The van der Waals surface area contributed by atoms with Crippen molar-refractivity contribution in [2.75, 3.05) is 12.3 Å². The first-order valence-corrected chi connectivity index (χ1v) is 7.73. The van der Waals surface area contributed by atoms with Crippen LogP contribution in [-0.4, -0.2) is 12.1 Å². The lowest BCUT2D eigenvalue weighted by Crippen LogP contribution is -2.45. The maximum absolute atomic E-state index is 5.79. The van der Waals surface area contributed by atoms with Crippen LogP contribution in [0.3, 0.4) is 0 Å². The van der Waals surface area contributed by atoms with Crippen molar-refractivity contribution < 1.29 is 0 Å². The lowest BCUT2D eigenvalue weighted by atomic mass is 9.81. The Hall–Kier alpha value is -1.02. The molecule has 1 fully saturated rings. The van der Waals surface area contributed by atoms with Gasteiger partial charge in [-0.05, 0) is 56.2 Å². The smallest absolute Gasteiger partial charge is 0.0314 e. The first-order valence-electron chi connectivity index (χ1n) is 7.73. The molecule has 0 saturated heterocycles. The van der Waals surface area contributed by atoms with Crippen LogP contribution in [0.2, 0.25) is 0 Å². The molecular weight excluding hydrogens is 244 g/mol. The molecule has 0 atom stereocenters. The number of anilines is 1. The van der Waals surface area contributed by atoms with Crippen molar-refractivity contribution in [1.82, 2.24) is 5.32 Å². The molecule has 0 amide bonds. The molecule has 1 saturated carbocycles. The largest absolute Gasteiger partial charge is 0.399 e. The molecule has 2 nitrogen and oxygen atoms in total. The zero-order valence-electron chi connectivity index (χ0n) is 13.7. The number of nitrogens with one attached hydrogen (secondary N) is 1. The van der Waals surface area contributed by atoms with E-state index in [1.54, 1.807) is 0 Å². The number of benzene rings is 1. The Kier molecular flexibility index (Phi) is 3.90. The minimum atomic E-state index is 0.182. The molecule has 2 rings (SSSR count). The van der Waals surface area contributed by atoms with Crippen LogP contribution in [0.1, 0.15) is 59.4 Å². The highest BCUT2D eigenvalue weighted by molar-refractivity contribution is 5.43. The van der Waals surface area contributed by atoms with Gasteiger partial charge < -0.3 is 11.1 Å². The highest BCUT2D eigenvalue weighted by Crippen LogP contribution is 2.48. The maximum Gasteiger partial charge on any atom is 0.0314 e. The van der Waals surface area contributed by atoms with Crippen LogP contribution in [0.4, 0.5) is 5.69 Å². The molecule has 3 N–H and O–H groups in total. The van der Waals surface area contributed by atoms with E-state index in [9.17, 15) is 0 Å². The summed E-state index contributed by atoms with van der Waals surface area (Å²) in [5.41, 5.74) is 8.96. The second kappa shape index (κ2) is 5.07. The Morgan fingerprint density at radius 1 is 1.05 bits per heavy atom. The molecule has 1 aromatic carbocycles. The SMILES string of the molecule is CC(C)(C)CC(C)(C)NCC1(c2ccc(N)cc2)CC1. The van der Waals surface area contributed by atoms with Crippen LogP contribution in [0.5, 0.6) is 0 Å². The summed E-state index contributed by atoms with van der Waals surface area (Å²) in [6.45, 7) is 12.6. The Morgan fingerprint density at radius 3 is 2.05 bits per heavy atom. The Bertz CT molecular complexity index is 447. The van der Waals surface area contributed by atoms with E-state index >= 15 is 0 Å². The zero-order valence-corrected chi connectivity index (χ0v) is 13.7. The minimum absolute atomic E-state index is 0.182. The van der Waals surface area contributed by atoms with E-state index in [1.807, 2.05) is 12.1 Å². The first-order chi connectivity index (χ1) is 9.12. The minimum Gasteiger partial charge on any atom is -0.399 e. The summed E-state index contributed by atoms with van der Waals surface area (Å²) < 4.78 is 0. The fourth-order valence-corrected chi connectivity index (χ4v) is 3.35. The lowest BCUT2D eigenvalue weighted by Gasteiger charge is -2.35. The number of hydrogen-bond donors (Lipinski definition) is 2. The van der Waals surface area contributed by atoms with Gasteiger partial charge in [0, 0.05) is 23.2 Å². The van der Waals surface area contributed by atoms with Gasteiger partial charge in [0.05, 0.1) is 0 Å². The standard InChI is InChI=1S/C18H30N2/c1-16(2,3)12-17(4,5)20-13-18(10-11-18)14-6-8-15(19)9-7-14/h6-9,20H,10-13,19H2,1-5H3. The third kappa shape index (κ3) is 3.99. The van der Waals surface area contributed by atoms with E-state index in [1.165, 1.54) is 24.8 Å². The normalized spacial score (nSPS) is 18.1. The molecule has 1 aliphatic carbocycles. The van der Waals surface area contributed by atoms with Gasteiger partial charge in [0.25, 0.3) is 0 Å². The fraction of sp³-hybridized carbons (Fsp3) is 0.667. The van der Waals surface area contributed by atoms with Crippen molar-refractivity contribution in [1.29, 1.82) is 0 Å². The average molecular weight is 274 g/mol. The summed E-state index contributed by atoms with van der Waals surface area (Å²) in [5.74, 6) is 0. The predicted molar refractivity (Wildman–Crippen MR) is 87.9 cm³/mol. The van der Waals surface area contributed by atoms with Gasteiger partial charge in [0.1, 0.15) is 0 Å². The van der Waals surface area contributed by atoms with Crippen molar-refractivity contribution in [3.05, 3.63) is 29.8 Å². The fourth-order valence-electron chi connectivity index (χ4n) is 3.35. The van der Waals surface area contributed by atoms with Gasteiger partial charge in [0.15, 0.2) is 0 Å². The molecular formula is C18H30N2. The molecule has 0 heterocycles. The van der Waals surface area contributed by atoms with E-state index in [4.69, 9.17) is 5.73 Å². The molecule has 0 aromatic heterocycles. The number of hydrogen-bond acceptors (Lipinski definition) is 2. The molecule has 1 aromatic rings. The second-order valence-corrected chi connectivity index (χ2v) is 8.38. The lowest BCUT2D eigenvalue weighted by molar-refractivity contribution is 0.237. The summed E-state index contributed by atoms with van der Waals surface area (Å²) in [6, 6.07) is 8.44. The molecule has 0 aliphatic heterocycles. The molecule has 0 radical (unpaired) electrons. The van der Waals surface area contributed by atoms with Gasteiger partial charge in [-0.2, -0.15) is 0 Å². The van der Waals surface area contributed by atoms with Crippen molar-refractivity contribution in [3.63, 3.8) is 0 Å². The molecule has 20 heavy (non-hydrogen) atoms. The van der Waals surface area contributed by atoms with Gasteiger partial charge in [0.2, 0.25) is 0 Å². The van der Waals surface area contributed by atoms with Gasteiger partial charge in [-0.3, -0.25) is 0 Å². The number of nitrogens with two attached hydrogens (primary N) is 1. The molecule has 0 bridgehead atoms. The van der Waals surface area contributed by atoms with Gasteiger partial charge in [-0.15, -0.1) is 0 Å². The van der Waals surface area contributed by atoms with E-state index in [2.05, 4.69) is 52.1 Å². The zero-order chi connectivity index (χ0) is 15.0. The second-order valence-electron chi connectivity index (χ2n) is 8.38. The molecule has 0 spiro atoms. The van der Waals surface area contributed by atoms with Crippen LogP contribution in [0.15, 0.2) is 24.3 Å². The summed E-state index contributed by atoms with van der Waals surface area (Å²) in [5, 5.41) is 3.80. The van der Waals surface area contributed by atoms with E-state index in [-0.39, 0.29) is 5.54 Å². The highest BCUT2D eigenvalue weighted by atomic mass is 15.0. The van der Waals surface area contributed by atoms with Gasteiger partial charge in [-0.1, -0.05) is 32.9 Å². The molecule has 2 heteroatoms. The number of nitrogen functional groups attached to an aromatic ring is 1.